The molecular formula is C36H60O8. The third-order valence-corrected chi connectivity index (χ3v) is 15.3. The van der Waals surface area contributed by atoms with Crippen LogP contribution in [-0.2, 0) is 9.47 Å². The molecule has 8 heteroatoms. The summed E-state index contributed by atoms with van der Waals surface area (Å²) in [6.07, 6.45) is 4.06. The Morgan fingerprint density at radius 2 is 1.50 bits per heavy atom. The summed E-state index contributed by atoms with van der Waals surface area (Å²) in [7, 11) is 0. The van der Waals surface area contributed by atoms with Gasteiger partial charge in [-0.05, 0) is 97.2 Å². The summed E-state index contributed by atoms with van der Waals surface area (Å²) >= 11 is 0. The van der Waals surface area contributed by atoms with E-state index in [1.165, 1.54) is 0 Å². The van der Waals surface area contributed by atoms with Crippen LogP contribution < -0.4 is 0 Å². The van der Waals surface area contributed by atoms with Gasteiger partial charge in [-0.2, -0.15) is 0 Å². The van der Waals surface area contributed by atoms with Gasteiger partial charge in [0, 0.05) is 10.8 Å². The second kappa shape index (κ2) is 10.7. The highest BCUT2D eigenvalue weighted by Crippen LogP contribution is 2.75. The molecule has 5 fully saturated rings. The minimum Gasteiger partial charge on any atom is -0.396 e. The van der Waals surface area contributed by atoms with Crippen molar-refractivity contribution in [2.45, 2.75) is 149 Å². The molecule has 4 saturated carbocycles. The topological polar surface area (TPSA) is 140 Å². The molecule has 6 rings (SSSR count). The van der Waals surface area contributed by atoms with Gasteiger partial charge in [-0.3, -0.25) is 0 Å². The normalized spacial score (nSPS) is 56.9. The smallest absolute Gasteiger partial charge is 0.186 e. The molecule has 6 aliphatic rings. The van der Waals surface area contributed by atoms with Gasteiger partial charge >= 0.3 is 0 Å². The summed E-state index contributed by atoms with van der Waals surface area (Å²) < 4.78 is 12.2. The van der Waals surface area contributed by atoms with Crippen molar-refractivity contribution in [2.24, 2.45) is 50.2 Å². The molecule has 44 heavy (non-hydrogen) atoms. The van der Waals surface area contributed by atoms with E-state index in [0.29, 0.717) is 18.3 Å². The Kier molecular flexibility index (Phi) is 8.11. The molecule has 0 aromatic rings. The van der Waals surface area contributed by atoms with E-state index in [1.807, 2.05) is 0 Å². The third-order valence-electron chi connectivity index (χ3n) is 15.3. The zero-order chi connectivity index (χ0) is 32.3. The largest absolute Gasteiger partial charge is 0.396 e. The van der Waals surface area contributed by atoms with Gasteiger partial charge in [-0.15, -0.1) is 0 Å². The molecule has 15 unspecified atom stereocenters. The van der Waals surface area contributed by atoms with E-state index in [2.05, 4.69) is 54.5 Å². The Morgan fingerprint density at radius 1 is 0.795 bits per heavy atom. The van der Waals surface area contributed by atoms with Crippen molar-refractivity contribution in [2.75, 3.05) is 13.2 Å². The number of ether oxygens (including phenoxy) is 2. The summed E-state index contributed by atoms with van der Waals surface area (Å²) in [6.45, 7) is 16.0. The van der Waals surface area contributed by atoms with Crippen molar-refractivity contribution >= 4 is 0 Å². The Hall–Kier alpha value is -0.580. The molecule has 1 aliphatic heterocycles. The molecule has 1 heterocycles. The number of aliphatic hydroxyl groups excluding tert-OH is 6. The third kappa shape index (κ3) is 4.44. The summed E-state index contributed by atoms with van der Waals surface area (Å²) in [4.78, 5) is 0. The van der Waals surface area contributed by atoms with Gasteiger partial charge in [0.05, 0.1) is 25.4 Å². The Bertz CT molecular complexity index is 1140. The quantitative estimate of drug-likeness (QED) is 0.205. The molecule has 0 amide bonds. The Morgan fingerprint density at radius 3 is 2.16 bits per heavy atom. The van der Waals surface area contributed by atoms with Gasteiger partial charge in [0.1, 0.15) is 24.4 Å². The van der Waals surface area contributed by atoms with Crippen LogP contribution in [0, 0.1) is 50.2 Å². The molecule has 0 radical (unpaired) electrons. The van der Waals surface area contributed by atoms with Gasteiger partial charge < -0.3 is 40.1 Å². The molecule has 8 nitrogen and oxygen atoms in total. The highest BCUT2D eigenvalue weighted by Gasteiger charge is 2.69. The first-order chi connectivity index (χ1) is 20.4. The lowest BCUT2D eigenvalue weighted by molar-refractivity contribution is -0.333. The summed E-state index contributed by atoms with van der Waals surface area (Å²) in [5, 5.41) is 63.5. The van der Waals surface area contributed by atoms with Crippen LogP contribution in [0.3, 0.4) is 0 Å². The molecule has 0 spiro atoms. The lowest BCUT2D eigenvalue weighted by atomic mass is 9.33. The first-order valence-electron chi connectivity index (χ1n) is 17.4. The number of rotatable bonds is 4. The predicted octanol–water partition coefficient (Wildman–Crippen LogP) is 3.94. The van der Waals surface area contributed by atoms with E-state index in [0.717, 1.165) is 51.4 Å². The Balaban J connectivity index is 1.30. The van der Waals surface area contributed by atoms with Crippen LogP contribution in [0.2, 0.25) is 0 Å². The fourth-order valence-electron chi connectivity index (χ4n) is 12.3. The molecule has 15 atom stereocenters. The molecule has 0 aromatic carbocycles. The van der Waals surface area contributed by atoms with Crippen LogP contribution >= 0.6 is 0 Å². The minimum absolute atomic E-state index is 0.0309. The lowest BCUT2D eigenvalue weighted by Crippen LogP contribution is -2.67. The predicted molar refractivity (Wildman–Crippen MR) is 166 cm³/mol. The maximum absolute atomic E-state index is 11.4. The summed E-state index contributed by atoms with van der Waals surface area (Å²) in [5.41, 5.74) is 1.17. The first kappa shape index (κ1) is 33.3. The van der Waals surface area contributed by atoms with Crippen LogP contribution in [0.4, 0.5) is 0 Å². The second-order valence-electron chi connectivity index (χ2n) is 18.0. The van der Waals surface area contributed by atoms with E-state index >= 15 is 0 Å². The van der Waals surface area contributed by atoms with E-state index < -0.39 is 48.8 Å². The zero-order valence-corrected chi connectivity index (χ0v) is 28.1. The van der Waals surface area contributed by atoms with Gasteiger partial charge in [-0.1, -0.05) is 60.1 Å². The van der Waals surface area contributed by atoms with Crippen LogP contribution in [0.1, 0.15) is 106 Å². The molecule has 1 saturated heterocycles. The molecule has 6 N–H and O–H groups in total. The van der Waals surface area contributed by atoms with Crippen molar-refractivity contribution in [3.05, 3.63) is 11.6 Å². The molecule has 0 bridgehead atoms. The zero-order valence-electron chi connectivity index (χ0n) is 28.1. The maximum Gasteiger partial charge on any atom is 0.186 e. The van der Waals surface area contributed by atoms with E-state index in [4.69, 9.17) is 9.47 Å². The first-order valence-corrected chi connectivity index (χ1v) is 17.4. The van der Waals surface area contributed by atoms with Gasteiger partial charge in [0.25, 0.3) is 0 Å². The van der Waals surface area contributed by atoms with Crippen molar-refractivity contribution in [1.29, 1.82) is 0 Å². The highest BCUT2D eigenvalue weighted by molar-refractivity contribution is 5.34. The summed E-state index contributed by atoms with van der Waals surface area (Å²) in [5.74, 6) is 1.02. The van der Waals surface area contributed by atoms with Crippen molar-refractivity contribution in [3.8, 4) is 0 Å². The van der Waals surface area contributed by atoms with Crippen LogP contribution in [0.15, 0.2) is 11.6 Å². The number of fused-ring (bicyclic) bond motifs is 7. The maximum atomic E-state index is 11.4. The van der Waals surface area contributed by atoms with Crippen LogP contribution in [0.25, 0.3) is 0 Å². The molecule has 252 valence electrons. The Labute approximate surface area is 264 Å². The van der Waals surface area contributed by atoms with Gasteiger partial charge in [-0.25, -0.2) is 0 Å². The summed E-state index contributed by atoms with van der Waals surface area (Å²) in [6, 6.07) is 0. The van der Waals surface area contributed by atoms with E-state index in [9.17, 15) is 30.6 Å². The van der Waals surface area contributed by atoms with E-state index in [1.54, 1.807) is 5.57 Å². The number of allylic oxidation sites excluding steroid dienone is 2. The fraction of sp³-hybridized carbons (Fsp3) is 0.944. The van der Waals surface area contributed by atoms with Crippen molar-refractivity contribution in [1.82, 2.24) is 0 Å². The number of hydrogen-bond acceptors (Lipinski definition) is 8. The van der Waals surface area contributed by atoms with Crippen LogP contribution in [-0.4, -0.2) is 86.8 Å². The fourth-order valence-corrected chi connectivity index (χ4v) is 12.3. The average molecular weight is 621 g/mol. The molecule has 0 aromatic heterocycles. The number of hydrogen-bond donors (Lipinski definition) is 6. The second-order valence-corrected chi connectivity index (χ2v) is 18.0. The van der Waals surface area contributed by atoms with Crippen LogP contribution in [0.5, 0.6) is 0 Å². The lowest BCUT2D eigenvalue weighted by Gasteiger charge is -2.72. The van der Waals surface area contributed by atoms with Crippen molar-refractivity contribution < 1.29 is 40.1 Å². The SMILES string of the molecule is CC1(C)CC(O)C2(C)CCC3(C)C(=CCC4C5(C)CCC(OC6OC(CO)C(O)C(O)C6O)C(C)(CO)C5CCC43C)C2C1. The van der Waals surface area contributed by atoms with E-state index in [-0.39, 0.29) is 45.7 Å². The minimum atomic E-state index is -1.49. The average Bonchev–Trinajstić information content (AvgIpc) is 2.96. The number of aliphatic hydroxyl groups is 6. The molecular weight excluding hydrogens is 560 g/mol. The molecule has 5 aliphatic carbocycles. The van der Waals surface area contributed by atoms with Crippen molar-refractivity contribution in [3.63, 3.8) is 0 Å². The highest BCUT2D eigenvalue weighted by atomic mass is 16.7. The monoisotopic (exact) mass is 620 g/mol. The van der Waals surface area contributed by atoms with Gasteiger partial charge in [0.15, 0.2) is 6.29 Å². The standard InChI is InChI=1S/C36H60O8/c1-31(2)16-21-20-8-9-24-33(4)12-11-26(44-30-29(42)28(41)27(40)22(18-37)43-30)34(5,19-38)23(33)10-13-36(24,7)35(20,6)15-14-32(21,3)25(39)17-31/h8,21-30,37-42H,9-19H2,1-7H3. The van der Waals surface area contributed by atoms with Gasteiger partial charge in [0.2, 0.25) is 0 Å².